The van der Waals surface area contributed by atoms with Crippen LogP contribution in [0.2, 0.25) is 5.02 Å². The van der Waals surface area contributed by atoms with Crippen LogP contribution in [0.1, 0.15) is 30.7 Å². The second-order valence-electron chi connectivity index (χ2n) is 8.07. The topological polar surface area (TPSA) is 136 Å². The Kier molecular flexibility index (Phi) is 8.49. The highest BCUT2D eigenvalue weighted by atomic mass is 35.5. The molecule has 200 valence electrons. The van der Waals surface area contributed by atoms with Crippen LogP contribution in [0.15, 0.2) is 36.5 Å². The third-order valence-corrected chi connectivity index (χ3v) is 7.78. The van der Waals surface area contributed by atoms with Gasteiger partial charge in [-0.3, -0.25) is 14.3 Å². The molecule has 0 spiro atoms. The normalized spacial score (nSPS) is 17.7. The van der Waals surface area contributed by atoms with Crippen molar-refractivity contribution in [2.75, 3.05) is 45.9 Å². The average Bonchev–Trinajstić information content (AvgIpc) is 3.32. The second-order valence-corrected chi connectivity index (χ2v) is 10.5. The van der Waals surface area contributed by atoms with Crippen LogP contribution in [-0.4, -0.2) is 74.6 Å². The van der Waals surface area contributed by atoms with Crippen molar-refractivity contribution in [2.45, 2.75) is 24.4 Å². The van der Waals surface area contributed by atoms with Gasteiger partial charge in [-0.2, -0.15) is 0 Å². The number of methoxy groups -OCH3 is 3. The van der Waals surface area contributed by atoms with Crippen LogP contribution in [0, 0.1) is 0 Å². The smallest absolute Gasteiger partial charge is 0.243 e. The molecule has 1 fully saturated rings. The van der Waals surface area contributed by atoms with Crippen LogP contribution in [0.25, 0.3) is 5.69 Å². The number of ether oxygens (including phenoxy) is 5. The largest absolute Gasteiger partial charge is 0.494 e. The lowest BCUT2D eigenvalue weighted by Gasteiger charge is -2.25. The number of benzene rings is 1. The van der Waals surface area contributed by atoms with E-state index in [1.165, 1.54) is 39.0 Å². The van der Waals surface area contributed by atoms with Crippen LogP contribution >= 0.6 is 11.6 Å². The minimum absolute atomic E-state index is 0.0854. The van der Waals surface area contributed by atoms with E-state index in [2.05, 4.69) is 19.9 Å². The summed E-state index contributed by atoms with van der Waals surface area (Å²) < 4.78 is 59.2. The summed E-state index contributed by atoms with van der Waals surface area (Å²) in [5.41, 5.74) is 0.806. The molecule has 1 aliphatic rings. The van der Waals surface area contributed by atoms with Crippen LogP contribution in [-0.2, 0) is 24.2 Å². The van der Waals surface area contributed by atoms with Gasteiger partial charge in [0.1, 0.15) is 34.6 Å². The van der Waals surface area contributed by atoms with Gasteiger partial charge in [-0.25, -0.2) is 8.42 Å². The molecule has 14 heteroatoms. The van der Waals surface area contributed by atoms with Gasteiger partial charge in [-0.15, -0.1) is 10.2 Å². The van der Waals surface area contributed by atoms with Crippen molar-refractivity contribution in [3.05, 3.63) is 53.1 Å². The monoisotopic (exact) mass is 553 g/mol. The summed E-state index contributed by atoms with van der Waals surface area (Å²) >= 11 is 5.94. The maximum Gasteiger partial charge on any atom is 0.243 e. The first kappa shape index (κ1) is 27.1. The molecule has 0 saturated carbocycles. The summed E-state index contributed by atoms with van der Waals surface area (Å²) in [4.78, 5) is 4.22. The van der Waals surface area contributed by atoms with E-state index < -0.39 is 27.5 Å². The fraction of sp³-hybridized carbons (Fsp3) is 0.435. The van der Waals surface area contributed by atoms with E-state index in [1.807, 2.05) is 0 Å². The number of halogens is 1. The van der Waals surface area contributed by atoms with E-state index in [4.69, 9.17) is 35.3 Å². The molecule has 0 bridgehead atoms. The van der Waals surface area contributed by atoms with E-state index in [9.17, 15) is 8.42 Å². The molecule has 1 N–H and O–H groups in total. The summed E-state index contributed by atoms with van der Waals surface area (Å²) in [5, 5.41) is 7.76. The number of anilines is 1. The molecule has 1 saturated heterocycles. The summed E-state index contributed by atoms with van der Waals surface area (Å²) in [6, 6.07) is 8.41. The predicted molar refractivity (Wildman–Crippen MR) is 135 cm³/mol. The maximum atomic E-state index is 13.6. The zero-order valence-electron chi connectivity index (χ0n) is 20.8. The molecule has 0 amide bonds. The highest BCUT2D eigenvalue weighted by Gasteiger charge is 2.35. The number of nitrogens with one attached hydrogen (secondary N) is 1. The third-order valence-electron chi connectivity index (χ3n) is 5.86. The molecule has 12 nitrogen and oxygen atoms in total. The van der Waals surface area contributed by atoms with E-state index in [0.29, 0.717) is 46.9 Å². The van der Waals surface area contributed by atoms with Crippen molar-refractivity contribution < 1.29 is 32.1 Å². The SMILES string of the molecule is COc1cccc(OC)c1-n1c(NS(=O)(=O)[C@@H](C)[C@H](OC)c2ccc(Cl)cn2)nnc1C1COCCO1. The molecule has 0 radical (unpaired) electrons. The molecule has 37 heavy (non-hydrogen) atoms. The standard InChI is InChI=1S/C23H28ClN5O7S/c1-14(21(34-4)16-9-8-15(24)12-25-16)37(30,31)28-23-27-26-22(19-13-35-10-11-36-19)29(23)20-17(32-2)6-5-7-18(20)33-3/h5-9,12,14,19,21H,10-11,13H2,1-4H3,(H,27,28)/t14-,19?,21-/m0/s1. The molecular formula is C23H28ClN5O7S. The predicted octanol–water partition coefficient (Wildman–Crippen LogP) is 2.94. The van der Waals surface area contributed by atoms with Gasteiger partial charge in [0.25, 0.3) is 0 Å². The molecule has 1 aliphatic heterocycles. The first-order valence-corrected chi connectivity index (χ1v) is 13.2. The van der Waals surface area contributed by atoms with Crippen LogP contribution in [0.4, 0.5) is 5.95 Å². The van der Waals surface area contributed by atoms with Crippen LogP contribution in [0.5, 0.6) is 11.5 Å². The third kappa shape index (κ3) is 5.65. The summed E-state index contributed by atoms with van der Waals surface area (Å²) in [6.07, 6.45) is -0.0586. The lowest BCUT2D eigenvalue weighted by atomic mass is 10.2. The Morgan fingerprint density at radius 1 is 1.11 bits per heavy atom. The zero-order chi connectivity index (χ0) is 26.6. The molecule has 2 aromatic heterocycles. The van der Waals surface area contributed by atoms with E-state index >= 15 is 0 Å². The van der Waals surface area contributed by atoms with Crippen molar-refractivity contribution in [2.24, 2.45) is 0 Å². The summed E-state index contributed by atoms with van der Waals surface area (Å²) in [6.45, 7) is 2.52. The number of rotatable bonds is 10. The molecule has 1 aromatic carbocycles. The van der Waals surface area contributed by atoms with Gasteiger partial charge in [0.2, 0.25) is 16.0 Å². The molecule has 3 heterocycles. The number of sulfonamides is 1. The summed E-state index contributed by atoms with van der Waals surface area (Å²) in [5.74, 6) is 1.05. The zero-order valence-corrected chi connectivity index (χ0v) is 22.3. The lowest BCUT2D eigenvalue weighted by Crippen LogP contribution is -2.33. The van der Waals surface area contributed by atoms with Gasteiger partial charge in [0.05, 0.1) is 44.8 Å². The molecule has 3 atom stereocenters. The number of hydrogen-bond donors (Lipinski definition) is 1. The van der Waals surface area contributed by atoms with Gasteiger partial charge in [0.15, 0.2) is 5.82 Å². The lowest BCUT2D eigenvalue weighted by molar-refractivity contribution is -0.0941. The molecule has 3 aromatic rings. The van der Waals surface area contributed by atoms with Crippen molar-refractivity contribution >= 4 is 27.6 Å². The quantitative estimate of drug-likeness (QED) is 0.399. The number of para-hydroxylation sites is 1. The Morgan fingerprint density at radius 3 is 2.41 bits per heavy atom. The van der Waals surface area contributed by atoms with Crippen LogP contribution in [0.3, 0.4) is 0 Å². The van der Waals surface area contributed by atoms with Gasteiger partial charge in [0, 0.05) is 13.3 Å². The molecular weight excluding hydrogens is 526 g/mol. The van der Waals surface area contributed by atoms with Gasteiger partial charge < -0.3 is 23.7 Å². The number of nitrogens with zero attached hydrogens (tertiary/aromatic N) is 4. The Balaban J connectivity index is 1.78. The Morgan fingerprint density at radius 2 is 1.84 bits per heavy atom. The highest BCUT2D eigenvalue weighted by molar-refractivity contribution is 7.93. The average molecular weight is 554 g/mol. The van der Waals surface area contributed by atoms with Crippen molar-refractivity contribution in [3.63, 3.8) is 0 Å². The molecule has 4 rings (SSSR count). The molecule has 1 unspecified atom stereocenters. The minimum Gasteiger partial charge on any atom is -0.494 e. The second kappa shape index (κ2) is 11.6. The van der Waals surface area contributed by atoms with Gasteiger partial charge in [-0.05, 0) is 31.2 Å². The number of pyridine rings is 1. The Bertz CT molecular complexity index is 1290. The number of aromatic nitrogens is 4. The van der Waals surface area contributed by atoms with Gasteiger partial charge in [-0.1, -0.05) is 17.7 Å². The van der Waals surface area contributed by atoms with Gasteiger partial charge >= 0.3 is 0 Å². The highest BCUT2D eigenvalue weighted by Crippen LogP contribution is 2.38. The summed E-state index contributed by atoms with van der Waals surface area (Å²) in [7, 11) is 0.309. The molecule has 0 aliphatic carbocycles. The minimum atomic E-state index is -4.09. The first-order valence-electron chi connectivity index (χ1n) is 11.3. The van der Waals surface area contributed by atoms with E-state index in [0.717, 1.165) is 0 Å². The van der Waals surface area contributed by atoms with Crippen molar-refractivity contribution in [1.82, 2.24) is 19.7 Å². The van der Waals surface area contributed by atoms with Crippen LogP contribution < -0.4 is 14.2 Å². The van der Waals surface area contributed by atoms with Crippen molar-refractivity contribution in [1.29, 1.82) is 0 Å². The Labute approximate surface area is 219 Å². The fourth-order valence-electron chi connectivity index (χ4n) is 3.97. The fourth-order valence-corrected chi connectivity index (χ4v) is 5.23. The maximum absolute atomic E-state index is 13.6. The van der Waals surface area contributed by atoms with E-state index in [-0.39, 0.29) is 12.6 Å². The Hall–Kier alpha value is -2.97. The van der Waals surface area contributed by atoms with E-state index in [1.54, 1.807) is 30.3 Å². The van der Waals surface area contributed by atoms with Crippen molar-refractivity contribution in [3.8, 4) is 17.2 Å². The first-order chi connectivity index (χ1) is 17.8. The number of hydrogen-bond acceptors (Lipinski definition) is 10.